The SMILES string of the molecule is C[C@@H](NC(=O)CSc1n[nH]c(=O)n1C[C@H]1CCCO1)c1cccc(Cl)c1. The maximum Gasteiger partial charge on any atom is 0.344 e. The molecule has 1 saturated heterocycles. The molecule has 26 heavy (non-hydrogen) atoms. The van der Waals surface area contributed by atoms with Crippen LogP contribution < -0.4 is 11.0 Å². The van der Waals surface area contributed by atoms with Crippen molar-refractivity contribution in [3.05, 3.63) is 45.3 Å². The Hall–Kier alpha value is -1.77. The molecule has 9 heteroatoms. The van der Waals surface area contributed by atoms with E-state index in [-0.39, 0.29) is 29.5 Å². The van der Waals surface area contributed by atoms with Crippen molar-refractivity contribution in [1.29, 1.82) is 0 Å². The first kappa shape index (κ1) is 19.0. The number of nitrogens with zero attached hydrogens (tertiary/aromatic N) is 2. The van der Waals surface area contributed by atoms with Gasteiger partial charge < -0.3 is 10.1 Å². The monoisotopic (exact) mass is 396 g/mol. The van der Waals surface area contributed by atoms with Gasteiger partial charge in [-0.2, -0.15) is 0 Å². The molecule has 1 amide bonds. The molecule has 1 aliphatic rings. The maximum absolute atomic E-state index is 12.2. The number of aromatic amines is 1. The molecule has 1 fully saturated rings. The molecule has 0 aliphatic carbocycles. The van der Waals surface area contributed by atoms with Crippen molar-refractivity contribution in [2.24, 2.45) is 0 Å². The predicted octanol–water partition coefficient (Wildman–Crippen LogP) is 2.37. The molecule has 2 atom stereocenters. The van der Waals surface area contributed by atoms with Gasteiger partial charge in [0.05, 0.1) is 24.4 Å². The Morgan fingerprint density at radius 2 is 2.42 bits per heavy atom. The van der Waals surface area contributed by atoms with Gasteiger partial charge in [0.2, 0.25) is 5.91 Å². The summed E-state index contributed by atoms with van der Waals surface area (Å²) >= 11 is 7.21. The topological polar surface area (TPSA) is 89.0 Å². The van der Waals surface area contributed by atoms with Crippen molar-refractivity contribution in [3.8, 4) is 0 Å². The fourth-order valence-corrected chi connectivity index (χ4v) is 3.80. The van der Waals surface area contributed by atoms with Crippen LogP contribution in [0, 0.1) is 0 Å². The summed E-state index contributed by atoms with van der Waals surface area (Å²) in [6.07, 6.45) is 1.96. The molecule has 2 N–H and O–H groups in total. The van der Waals surface area contributed by atoms with E-state index in [1.165, 1.54) is 16.3 Å². The van der Waals surface area contributed by atoms with E-state index in [4.69, 9.17) is 16.3 Å². The van der Waals surface area contributed by atoms with Crippen molar-refractivity contribution >= 4 is 29.3 Å². The summed E-state index contributed by atoms with van der Waals surface area (Å²) in [7, 11) is 0. The Balaban J connectivity index is 1.55. The van der Waals surface area contributed by atoms with Crippen LogP contribution in [0.5, 0.6) is 0 Å². The number of thioether (sulfide) groups is 1. The summed E-state index contributed by atoms with van der Waals surface area (Å²) in [6.45, 7) is 3.08. The zero-order valence-corrected chi connectivity index (χ0v) is 16.0. The van der Waals surface area contributed by atoms with E-state index < -0.39 is 0 Å². The standard InChI is InChI=1S/C17H21ClN4O3S/c1-11(12-4-2-5-13(18)8-12)19-15(23)10-26-17-21-20-16(24)22(17)9-14-6-3-7-25-14/h2,4-5,8,11,14H,3,6-7,9-10H2,1H3,(H,19,23)(H,20,24)/t11-,14-/m1/s1. The number of rotatable bonds is 7. The van der Waals surface area contributed by atoms with E-state index in [9.17, 15) is 9.59 Å². The number of benzene rings is 1. The normalized spacial score (nSPS) is 18.0. The lowest BCUT2D eigenvalue weighted by atomic mass is 10.1. The Bertz CT molecular complexity index is 816. The Kier molecular flexibility index (Phi) is 6.39. The summed E-state index contributed by atoms with van der Waals surface area (Å²) in [5.74, 6) is 0.0300. The zero-order valence-electron chi connectivity index (χ0n) is 14.4. The summed E-state index contributed by atoms with van der Waals surface area (Å²) in [6, 6.07) is 7.22. The fourth-order valence-electron chi connectivity index (χ4n) is 2.84. The third-order valence-electron chi connectivity index (χ3n) is 4.19. The molecular formula is C17H21ClN4O3S. The Morgan fingerprint density at radius 3 is 3.15 bits per heavy atom. The van der Waals surface area contributed by atoms with Gasteiger partial charge in [-0.3, -0.25) is 9.36 Å². The Morgan fingerprint density at radius 1 is 1.58 bits per heavy atom. The molecule has 0 spiro atoms. The van der Waals surface area contributed by atoms with Crippen molar-refractivity contribution in [2.75, 3.05) is 12.4 Å². The molecule has 1 aliphatic heterocycles. The van der Waals surface area contributed by atoms with Crippen molar-refractivity contribution in [3.63, 3.8) is 0 Å². The molecule has 1 aromatic carbocycles. The second-order valence-corrected chi connectivity index (χ2v) is 7.57. The molecule has 0 unspecified atom stereocenters. The number of H-pyrrole nitrogens is 1. The molecule has 7 nitrogen and oxygen atoms in total. The molecule has 3 rings (SSSR count). The van der Waals surface area contributed by atoms with E-state index in [1.54, 1.807) is 6.07 Å². The van der Waals surface area contributed by atoms with Crippen LogP contribution in [-0.2, 0) is 16.1 Å². The van der Waals surface area contributed by atoms with Crippen molar-refractivity contribution < 1.29 is 9.53 Å². The maximum atomic E-state index is 12.2. The number of carbonyl (C=O) groups excluding carboxylic acids is 1. The quantitative estimate of drug-likeness (QED) is 0.701. The molecule has 2 heterocycles. The summed E-state index contributed by atoms with van der Waals surface area (Å²) in [5, 5.41) is 10.5. The molecule has 140 valence electrons. The molecular weight excluding hydrogens is 376 g/mol. The lowest BCUT2D eigenvalue weighted by Crippen LogP contribution is -2.29. The van der Waals surface area contributed by atoms with Crippen LogP contribution in [0.2, 0.25) is 5.02 Å². The van der Waals surface area contributed by atoms with Gasteiger partial charge in [0.25, 0.3) is 0 Å². The molecule has 1 aromatic heterocycles. The minimum Gasteiger partial charge on any atom is -0.376 e. The van der Waals surface area contributed by atoms with E-state index in [2.05, 4.69) is 15.5 Å². The average molecular weight is 397 g/mol. The average Bonchev–Trinajstić information content (AvgIpc) is 3.24. The first-order chi connectivity index (χ1) is 12.5. The number of nitrogens with one attached hydrogen (secondary N) is 2. The number of halogens is 1. The zero-order chi connectivity index (χ0) is 18.5. The van der Waals surface area contributed by atoms with Gasteiger partial charge in [-0.05, 0) is 37.5 Å². The number of aromatic nitrogens is 3. The fraction of sp³-hybridized carbons (Fsp3) is 0.471. The van der Waals surface area contributed by atoms with Gasteiger partial charge in [-0.25, -0.2) is 9.89 Å². The first-order valence-electron chi connectivity index (χ1n) is 8.47. The van der Waals surface area contributed by atoms with Gasteiger partial charge in [0.15, 0.2) is 5.16 Å². The van der Waals surface area contributed by atoms with Crippen molar-refractivity contribution in [2.45, 2.75) is 43.6 Å². The molecule has 0 radical (unpaired) electrons. The second-order valence-electron chi connectivity index (χ2n) is 6.19. The third-order valence-corrected chi connectivity index (χ3v) is 5.40. The highest BCUT2D eigenvalue weighted by Gasteiger charge is 2.20. The van der Waals surface area contributed by atoms with Crippen LogP contribution in [0.1, 0.15) is 31.4 Å². The summed E-state index contributed by atoms with van der Waals surface area (Å²) in [4.78, 5) is 24.2. The molecule has 0 saturated carbocycles. The largest absolute Gasteiger partial charge is 0.376 e. The lowest BCUT2D eigenvalue weighted by Gasteiger charge is -2.15. The smallest absolute Gasteiger partial charge is 0.344 e. The minimum atomic E-state index is -0.282. The number of hydrogen-bond acceptors (Lipinski definition) is 5. The highest BCUT2D eigenvalue weighted by atomic mass is 35.5. The van der Waals surface area contributed by atoms with Gasteiger partial charge >= 0.3 is 5.69 Å². The first-order valence-corrected chi connectivity index (χ1v) is 9.83. The van der Waals surface area contributed by atoms with Crippen molar-refractivity contribution in [1.82, 2.24) is 20.1 Å². The highest BCUT2D eigenvalue weighted by Crippen LogP contribution is 2.20. The van der Waals surface area contributed by atoms with E-state index in [0.29, 0.717) is 16.7 Å². The summed E-state index contributed by atoms with van der Waals surface area (Å²) in [5.41, 5.74) is 0.654. The van der Waals surface area contributed by atoms with E-state index in [1.807, 2.05) is 25.1 Å². The van der Waals surface area contributed by atoms with Crippen LogP contribution in [-0.4, -0.2) is 39.1 Å². The Labute approximate surface area is 160 Å². The number of amides is 1. The van der Waals surface area contributed by atoms with Gasteiger partial charge in [-0.1, -0.05) is 35.5 Å². The highest BCUT2D eigenvalue weighted by molar-refractivity contribution is 7.99. The van der Waals surface area contributed by atoms with Crippen LogP contribution in [0.15, 0.2) is 34.2 Å². The van der Waals surface area contributed by atoms with Crippen LogP contribution >= 0.6 is 23.4 Å². The van der Waals surface area contributed by atoms with Gasteiger partial charge in [-0.15, -0.1) is 5.10 Å². The van der Waals surface area contributed by atoms with E-state index in [0.717, 1.165) is 25.0 Å². The molecule has 0 bridgehead atoms. The predicted molar refractivity (Wildman–Crippen MR) is 101 cm³/mol. The van der Waals surface area contributed by atoms with Crippen LogP contribution in [0.25, 0.3) is 0 Å². The number of ether oxygens (including phenoxy) is 1. The van der Waals surface area contributed by atoms with Gasteiger partial charge in [0.1, 0.15) is 0 Å². The number of carbonyl (C=O) groups is 1. The van der Waals surface area contributed by atoms with Crippen LogP contribution in [0.4, 0.5) is 0 Å². The van der Waals surface area contributed by atoms with Crippen LogP contribution in [0.3, 0.4) is 0 Å². The second kappa shape index (κ2) is 8.75. The third kappa shape index (κ3) is 4.90. The van der Waals surface area contributed by atoms with Gasteiger partial charge in [0, 0.05) is 11.6 Å². The number of hydrogen-bond donors (Lipinski definition) is 2. The minimum absolute atomic E-state index is 0.0290. The molecule has 2 aromatic rings. The van der Waals surface area contributed by atoms with E-state index >= 15 is 0 Å². The summed E-state index contributed by atoms with van der Waals surface area (Å²) < 4.78 is 7.11. The lowest BCUT2D eigenvalue weighted by molar-refractivity contribution is -0.119.